The molecule has 0 radical (unpaired) electrons. The summed E-state index contributed by atoms with van der Waals surface area (Å²) in [7, 11) is 0. The zero-order chi connectivity index (χ0) is 18.4. The molecule has 1 unspecified atom stereocenters. The fraction of sp³-hybridized carbons (Fsp3) is 0.190. The molecule has 0 N–H and O–H groups in total. The largest absolute Gasteiger partial charge is 0.445 e. The second kappa shape index (κ2) is 6.09. The first-order chi connectivity index (χ1) is 13.2. The number of amides is 1. The number of fused-ring (bicyclic) bond motifs is 2. The summed E-state index contributed by atoms with van der Waals surface area (Å²) in [6.07, 6.45) is 7.19. The van der Waals surface area contributed by atoms with Gasteiger partial charge in [-0.2, -0.15) is 0 Å². The van der Waals surface area contributed by atoms with Crippen LogP contribution in [0.5, 0.6) is 0 Å². The summed E-state index contributed by atoms with van der Waals surface area (Å²) in [5.41, 5.74) is 4.49. The lowest BCUT2D eigenvalue weighted by atomic mass is 10.0. The lowest BCUT2D eigenvalue weighted by molar-refractivity contribution is 0.0770. The Hall–Kier alpha value is -3.41. The molecule has 0 bridgehead atoms. The summed E-state index contributed by atoms with van der Waals surface area (Å²) in [6, 6.07) is 11.6. The van der Waals surface area contributed by atoms with Crippen LogP contribution >= 0.6 is 0 Å². The van der Waals surface area contributed by atoms with Gasteiger partial charge in [-0.05, 0) is 29.8 Å². The Morgan fingerprint density at radius 3 is 2.89 bits per heavy atom. The van der Waals surface area contributed by atoms with E-state index in [0.29, 0.717) is 19.0 Å². The van der Waals surface area contributed by atoms with Crippen molar-refractivity contribution in [3.8, 4) is 11.5 Å². The number of imidazole rings is 1. The zero-order valence-corrected chi connectivity index (χ0v) is 14.9. The van der Waals surface area contributed by atoms with Gasteiger partial charge in [-0.15, -0.1) is 0 Å². The van der Waals surface area contributed by atoms with Gasteiger partial charge in [0, 0.05) is 42.5 Å². The smallest absolute Gasteiger partial charge is 0.254 e. The fourth-order valence-electron chi connectivity index (χ4n) is 3.71. The lowest BCUT2D eigenvalue weighted by Gasteiger charge is -2.19. The van der Waals surface area contributed by atoms with E-state index in [1.807, 2.05) is 58.1 Å². The maximum absolute atomic E-state index is 12.9. The number of aromatic nitrogens is 3. The molecule has 0 fully saturated rings. The first kappa shape index (κ1) is 15.8. The van der Waals surface area contributed by atoms with Crippen LogP contribution in [0.2, 0.25) is 0 Å². The second-order valence-electron chi connectivity index (χ2n) is 6.89. The van der Waals surface area contributed by atoms with Crippen molar-refractivity contribution < 1.29 is 9.21 Å². The molecule has 1 aliphatic heterocycles. The van der Waals surface area contributed by atoms with E-state index in [0.717, 1.165) is 28.0 Å². The number of rotatable bonds is 4. The van der Waals surface area contributed by atoms with E-state index in [2.05, 4.69) is 16.9 Å². The number of hydrogen-bond acceptors (Lipinski definition) is 4. The quantitative estimate of drug-likeness (QED) is 0.557. The number of carbonyl (C=O) groups excluding carboxylic acids is 1. The van der Waals surface area contributed by atoms with E-state index in [1.165, 1.54) is 0 Å². The molecule has 134 valence electrons. The molecule has 4 heterocycles. The van der Waals surface area contributed by atoms with Gasteiger partial charge in [-0.1, -0.05) is 19.1 Å². The standard InChI is InChI=1S/C21H18N4O2/c1-14(18-13-24-9-3-2-7-19(24)23-18)11-25-12-17-15(20-22-8-10-27-20)5-4-6-16(17)21(25)26/h2-10,13-14H,11-12H2,1H3. The molecular weight excluding hydrogens is 340 g/mol. The first-order valence-corrected chi connectivity index (χ1v) is 8.95. The zero-order valence-electron chi connectivity index (χ0n) is 14.9. The van der Waals surface area contributed by atoms with Crippen molar-refractivity contribution in [2.24, 2.45) is 0 Å². The van der Waals surface area contributed by atoms with Crippen LogP contribution in [-0.4, -0.2) is 31.7 Å². The predicted molar refractivity (Wildman–Crippen MR) is 100 cm³/mol. The third kappa shape index (κ3) is 2.61. The van der Waals surface area contributed by atoms with Crippen molar-refractivity contribution in [2.45, 2.75) is 19.4 Å². The number of oxazole rings is 1. The minimum atomic E-state index is 0.0500. The number of hydrogen-bond donors (Lipinski definition) is 0. The summed E-state index contributed by atoms with van der Waals surface area (Å²) in [6.45, 7) is 3.28. The Morgan fingerprint density at radius 2 is 2.07 bits per heavy atom. The van der Waals surface area contributed by atoms with Crippen LogP contribution in [0.25, 0.3) is 17.1 Å². The molecule has 6 nitrogen and oxygen atoms in total. The minimum Gasteiger partial charge on any atom is -0.445 e. The highest BCUT2D eigenvalue weighted by atomic mass is 16.3. The highest BCUT2D eigenvalue weighted by Crippen LogP contribution is 2.33. The van der Waals surface area contributed by atoms with Gasteiger partial charge >= 0.3 is 0 Å². The summed E-state index contributed by atoms with van der Waals surface area (Å²) >= 11 is 0. The molecule has 0 spiro atoms. The normalized spacial score (nSPS) is 14.7. The topological polar surface area (TPSA) is 63.6 Å². The summed E-state index contributed by atoms with van der Waals surface area (Å²) in [5.74, 6) is 0.734. The molecule has 1 aromatic carbocycles. The SMILES string of the molecule is CC(CN1Cc2c(cccc2-c2ncco2)C1=O)c1cn2ccccc2n1. The van der Waals surface area contributed by atoms with E-state index in [4.69, 9.17) is 4.42 Å². The predicted octanol–water partition coefficient (Wildman–Crippen LogP) is 3.75. The summed E-state index contributed by atoms with van der Waals surface area (Å²) < 4.78 is 7.45. The van der Waals surface area contributed by atoms with Gasteiger partial charge in [0.05, 0.1) is 11.9 Å². The van der Waals surface area contributed by atoms with Gasteiger partial charge in [-0.3, -0.25) is 4.79 Å². The summed E-state index contributed by atoms with van der Waals surface area (Å²) in [4.78, 5) is 23.7. The van der Waals surface area contributed by atoms with Gasteiger partial charge in [0.1, 0.15) is 11.9 Å². The van der Waals surface area contributed by atoms with Crippen molar-refractivity contribution in [1.82, 2.24) is 19.3 Å². The monoisotopic (exact) mass is 358 g/mol. The number of pyridine rings is 1. The van der Waals surface area contributed by atoms with Crippen LogP contribution < -0.4 is 0 Å². The first-order valence-electron chi connectivity index (χ1n) is 8.95. The molecule has 27 heavy (non-hydrogen) atoms. The molecule has 1 atom stereocenters. The summed E-state index contributed by atoms with van der Waals surface area (Å²) in [5, 5.41) is 0. The molecule has 0 aliphatic carbocycles. The number of nitrogens with zero attached hydrogens (tertiary/aromatic N) is 4. The van der Waals surface area contributed by atoms with Gasteiger partial charge in [0.2, 0.25) is 5.89 Å². The van der Waals surface area contributed by atoms with Crippen LogP contribution in [0.15, 0.2) is 65.7 Å². The number of benzene rings is 1. The van der Waals surface area contributed by atoms with E-state index in [1.54, 1.807) is 12.5 Å². The van der Waals surface area contributed by atoms with Crippen molar-refractivity contribution in [3.63, 3.8) is 0 Å². The van der Waals surface area contributed by atoms with Crippen LogP contribution in [0.4, 0.5) is 0 Å². The average Bonchev–Trinajstić information content (AvgIpc) is 3.41. The Bertz CT molecular complexity index is 1100. The maximum atomic E-state index is 12.9. The van der Waals surface area contributed by atoms with E-state index < -0.39 is 0 Å². The third-order valence-corrected chi connectivity index (χ3v) is 5.09. The fourth-order valence-corrected chi connectivity index (χ4v) is 3.71. The van der Waals surface area contributed by atoms with Gasteiger partial charge in [0.15, 0.2) is 0 Å². The van der Waals surface area contributed by atoms with Crippen molar-refractivity contribution >= 4 is 11.6 Å². The van der Waals surface area contributed by atoms with Crippen LogP contribution in [0.3, 0.4) is 0 Å². The highest BCUT2D eigenvalue weighted by Gasteiger charge is 2.31. The van der Waals surface area contributed by atoms with E-state index in [-0.39, 0.29) is 11.8 Å². The Morgan fingerprint density at radius 1 is 1.19 bits per heavy atom. The Balaban J connectivity index is 1.41. The molecular formula is C21H18N4O2. The molecule has 5 rings (SSSR count). The molecule has 0 saturated carbocycles. The average molecular weight is 358 g/mol. The Kier molecular flexibility index (Phi) is 3.57. The Labute approximate surface area is 156 Å². The third-order valence-electron chi connectivity index (χ3n) is 5.09. The van der Waals surface area contributed by atoms with Crippen molar-refractivity contribution in [2.75, 3.05) is 6.54 Å². The molecule has 1 amide bonds. The van der Waals surface area contributed by atoms with E-state index in [9.17, 15) is 4.79 Å². The molecule has 1 aliphatic rings. The molecule has 6 heteroatoms. The van der Waals surface area contributed by atoms with Gasteiger partial charge in [0.25, 0.3) is 5.91 Å². The second-order valence-corrected chi connectivity index (χ2v) is 6.89. The van der Waals surface area contributed by atoms with Crippen LogP contribution in [0.1, 0.15) is 34.5 Å². The highest BCUT2D eigenvalue weighted by molar-refractivity contribution is 6.00. The van der Waals surface area contributed by atoms with Gasteiger partial charge in [-0.25, -0.2) is 9.97 Å². The van der Waals surface area contributed by atoms with E-state index >= 15 is 0 Å². The van der Waals surface area contributed by atoms with Crippen LogP contribution in [-0.2, 0) is 6.54 Å². The molecule has 4 aromatic rings. The number of carbonyl (C=O) groups is 1. The minimum absolute atomic E-state index is 0.0500. The van der Waals surface area contributed by atoms with Crippen molar-refractivity contribution in [1.29, 1.82) is 0 Å². The maximum Gasteiger partial charge on any atom is 0.254 e. The van der Waals surface area contributed by atoms with Gasteiger partial charge < -0.3 is 13.7 Å². The molecule has 0 saturated heterocycles. The lowest BCUT2D eigenvalue weighted by Crippen LogP contribution is -2.28. The van der Waals surface area contributed by atoms with Crippen LogP contribution in [0, 0.1) is 0 Å². The molecule has 3 aromatic heterocycles. The van der Waals surface area contributed by atoms with Crippen molar-refractivity contribution in [3.05, 3.63) is 78.1 Å².